The Labute approximate surface area is 186 Å². The molecule has 0 spiro atoms. The van der Waals surface area contributed by atoms with Crippen LogP contribution in [0.3, 0.4) is 0 Å². The molecule has 1 aromatic carbocycles. The number of nitrogens with zero attached hydrogens (tertiary/aromatic N) is 1. The lowest BCUT2D eigenvalue weighted by Gasteiger charge is -2.36. The number of carbonyl (C=O) groups is 2. The minimum atomic E-state index is -1.26. The van der Waals surface area contributed by atoms with Crippen LogP contribution >= 0.6 is 34.8 Å². The highest BCUT2D eigenvalue weighted by molar-refractivity contribution is 6.43. The number of halogens is 3. The fraction of sp³-hybridized carbons (Fsp3) is 0.500. The van der Waals surface area contributed by atoms with Crippen molar-refractivity contribution in [2.45, 2.75) is 39.3 Å². The highest BCUT2D eigenvalue weighted by Gasteiger charge is 2.23. The molecule has 1 aliphatic rings. The maximum atomic E-state index is 9.55. The van der Waals surface area contributed by atoms with Gasteiger partial charge in [0, 0.05) is 36.3 Å². The van der Waals surface area contributed by atoms with Crippen molar-refractivity contribution in [1.29, 1.82) is 0 Å². The van der Waals surface area contributed by atoms with Crippen molar-refractivity contribution >= 4 is 46.7 Å². The number of carboxylic acid groups (broad SMARTS) is 2. The molecule has 3 N–H and O–H groups in total. The zero-order valence-corrected chi connectivity index (χ0v) is 18.8. The lowest BCUT2D eigenvalue weighted by molar-refractivity contribution is -0.134. The average molecular weight is 466 g/mol. The van der Waals surface area contributed by atoms with E-state index in [-0.39, 0.29) is 0 Å². The topological polar surface area (TPSA) is 89.9 Å². The summed E-state index contributed by atoms with van der Waals surface area (Å²) in [5.74, 6) is -1.90. The molecule has 0 unspecified atom stereocenters. The Bertz CT molecular complexity index is 704. The molecule has 2 rings (SSSR count). The highest BCUT2D eigenvalue weighted by atomic mass is 35.5. The monoisotopic (exact) mass is 464 g/mol. The minimum Gasteiger partial charge on any atom is -0.478 e. The second kappa shape index (κ2) is 13.1. The second-order valence-electron chi connectivity index (χ2n) is 7.17. The van der Waals surface area contributed by atoms with Crippen molar-refractivity contribution in [3.8, 4) is 0 Å². The van der Waals surface area contributed by atoms with E-state index in [1.807, 2.05) is 6.07 Å². The SMILES string of the molecule is CC(C)CN(Cc1cc(Cl)cc(Cl)c1Cl)C1CCNCC1.O=C(O)/C=C/C(=O)O. The van der Waals surface area contributed by atoms with E-state index in [9.17, 15) is 9.59 Å². The van der Waals surface area contributed by atoms with Gasteiger partial charge in [0.25, 0.3) is 0 Å². The maximum Gasteiger partial charge on any atom is 0.328 e. The summed E-state index contributed by atoms with van der Waals surface area (Å²) in [6, 6.07) is 4.23. The first-order valence-electron chi connectivity index (χ1n) is 9.32. The molecule has 0 radical (unpaired) electrons. The standard InChI is InChI=1S/C16H23Cl3N2.C4H4O4/c1-11(2)9-21(14-3-5-20-6-4-14)10-12-7-13(17)8-15(18)16(12)19;5-3(6)1-2-4(7)8/h7-8,11,14,20H,3-6,9-10H2,1-2H3;1-2H,(H,5,6)(H,7,8)/b;2-1+. The molecule has 0 amide bonds. The molecule has 0 saturated carbocycles. The van der Waals surface area contributed by atoms with E-state index in [1.54, 1.807) is 6.07 Å². The van der Waals surface area contributed by atoms with E-state index in [2.05, 4.69) is 24.1 Å². The molecule has 0 aromatic heterocycles. The summed E-state index contributed by atoms with van der Waals surface area (Å²) in [6.45, 7) is 8.54. The van der Waals surface area contributed by atoms with Crippen molar-refractivity contribution in [2.75, 3.05) is 19.6 Å². The van der Waals surface area contributed by atoms with E-state index in [0.29, 0.717) is 39.2 Å². The molecule has 1 heterocycles. The third kappa shape index (κ3) is 10.3. The number of rotatable bonds is 7. The van der Waals surface area contributed by atoms with Gasteiger partial charge < -0.3 is 15.5 Å². The second-order valence-corrected chi connectivity index (χ2v) is 8.40. The van der Waals surface area contributed by atoms with Gasteiger partial charge in [-0.3, -0.25) is 4.90 Å². The van der Waals surface area contributed by atoms with Crippen molar-refractivity contribution in [2.24, 2.45) is 5.92 Å². The zero-order valence-electron chi connectivity index (χ0n) is 16.5. The van der Waals surface area contributed by atoms with Gasteiger partial charge in [-0.25, -0.2) is 9.59 Å². The number of carboxylic acids is 2. The lowest BCUT2D eigenvalue weighted by Crippen LogP contribution is -2.44. The van der Waals surface area contributed by atoms with E-state index in [0.717, 1.165) is 31.7 Å². The molecule has 1 fully saturated rings. The molecular weight excluding hydrogens is 439 g/mol. The maximum absolute atomic E-state index is 9.55. The van der Waals surface area contributed by atoms with E-state index >= 15 is 0 Å². The van der Waals surface area contributed by atoms with Crippen LogP contribution in [0.1, 0.15) is 32.3 Å². The van der Waals surface area contributed by atoms with Crippen LogP contribution in [0, 0.1) is 5.92 Å². The summed E-state index contributed by atoms with van der Waals surface area (Å²) in [5.41, 5.74) is 1.02. The van der Waals surface area contributed by atoms with Crippen LogP contribution in [-0.2, 0) is 16.1 Å². The Morgan fingerprint density at radius 1 is 1.14 bits per heavy atom. The third-order valence-electron chi connectivity index (χ3n) is 4.23. The van der Waals surface area contributed by atoms with Gasteiger partial charge in [-0.2, -0.15) is 0 Å². The van der Waals surface area contributed by atoms with Crippen LogP contribution in [0.2, 0.25) is 15.1 Å². The quantitative estimate of drug-likeness (QED) is 0.404. The Morgan fingerprint density at radius 2 is 1.69 bits per heavy atom. The Morgan fingerprint density at radius 3 is 2.17 bits per heavy atom. The third-order valence-corrected chi connectivity index (χ3v) is 5.29. The molecule has 0 aliphatic carbocycles. The number of nitrogens with one attached hydrogen (secondary N) is 1. The molecule has 162 valence electrons. The van der Waals surface area contributed by atoms with Gasteiger partial charge in [-0.1, -0.05) is 48.7 Å². The molecular formula is C20H27Cl3N2O4. The van der Waals surface area contributed by atoms with Crippen molar-refractivity contribution in [1.82, 2.24) is 10.2 Å². The van der Waals surface area contributed by atoms with Crippen LogP contribution in [0.15, 0.2) is 24.3 Å². The first-order chi connectivity index (χ1) is 13.6. The Hall–Kier alpha value is -1.31. The van der Waals surface area contributed by atoms with Crippen LogP contribution in [-0.4, -0.2) is 52.7 Å². The van der Waals surface area contributed by atoms with Gasteiger partial charge in [0.2, 0.25) is 0 Å². The summed E-state index contributed by atoms with van der Waals surface area (Å²) in [5, 5.41) is 20.9. The summed E-state index contributed by atoms with van der Waals surface area (Å²) in [6.07, 6.45) is 3.47. The van der Waals surface area contributed by atoms with Gasteiger partial charge in [-0.15, -0.1) is 0 Å². The summed E-state index contributed by atoms with van der Waals surface area (Å²) in [7, 11) is 0. The van der Waals surface area contributed by atoms with Gasteiger partial charge in [-0.05, 0) is 49.5 Å². The fourth-order valence-electron chi connectivity index (χ4n) is 3.07. The van der Waals surface area contributed by atoms with Gasteiger partial charge in [0.1, 0.15) is 0 Å². The molecule has 1 aromatic rings. The van der Waals surface area contributed by atoms with Gasteiger partial charge >= 0.3 is 11.9 Å². The molecule has 1 aliphatic heterocycles. The van der Waals surface area contributed by atoms with Crippen molar-refractivity contribution in [3.63, 3.8) is 0 Å². The van der Waals surface area contributed by atoms with Gasteiger partial charge in [0.15, 0.2) is 0 Å². The molecule has 0 atom stereocenters. The molecule has 29 heavy (non-hydrogen) atoms. The van der Waals surface area contributed by atoms with Crippen molar-refractivity contribution < 1.29 is 19.8 Å². The summed E-state index contributed by atoms with van der Waals surface area (Å²) >= 11 is 18.6. The Balaban J connectivity index is 0.000000447. The summed E-state index contributed by atoms with van der Waals surface area (Å²) < 4.78 is 0. The van der Waals surface area contributed by atoms with Crippen LogP contribution in [0.5, 0.6) is 0 Å². The normalized spacial score (nSPS) is 14.9. The fourth-order valence-corrected chi connectivity index (χ4v) is 3.77. The first kappa shape index (κ1) is 25.7. The molecule has 1 saturated heterocycles. The Kier molecular flexibility index (Phi) is 11.6. The highest BCUT2D eigenvalue weighted by Crippen LogP contribution is 2.31. The van der Waals surface area contributed by atoms with Crippen LogP contribution < -0.4 is 5.32 Å². The van der Waals surface area contributed by atoms with E-state index in [4.69, 9.17) is 45.0 Å². The number of hydrogen-bond donors (Lipinski definition) is 3. The van der Waals surface area contributed by atoms with Crippen LogP contribution in [0.4, 0.5) is 0 Å². The molecule has 0 bridgehead atoms. The number of hydrogen-bond acceptors (Lipinski definition) is 4. The van der Waals surface area contributed by atoms with Crippen molar-refractivity contribution in [3.05, 3.63) is 44.9 Å². The van der Waals surface area contributed by atoms with Crippen LogP contribution in [0.25, 0.3) is 0 Å². The predicted molar refractivity (Wildman–Crippen MR) is 117 cm³/mol. The zero-order chi connectivity index (χ0) is 22.0. The van der Waals surface area contributed by atoms with E-state index < -0.39 is 11.9 Å². The number of benzene rings is 1. The summed E-state index contributed by atoms with van der Waals surface area (Å²) in [4.78, 5) is 21.6. The minimum absolute atomic E-state index is 0.536. The average Bonchev–Trinajstić information content (AvgIpc) is 2.64. The van der Waals surface area contributed by atoms with E-state index in [1.165, 1.54) is 12.8 Å². The molecule has 9 heteroatoms. The van der Waals surface area contributed by atoms with Gasteiger partial charge in [0.05, 0.1) is 10.0 Å². The first-order valence-corrected chi connectivity index (χ1v) is 10.5. The molecule has 6 nitrogen and oxygen atoms in total. The number of piperidine rings is 1. The predicted octanol–water partition coefficient (Wildman–Crippen LogP) is 4.57. The lowest BCUT2D eigenvalue weighted by atomic mass is 10.0. The largest absolute Gasteiger partial charge is 0.478 e. The smallest absolute Gasteiger partial charge is 0.328 e. The number of aliphatic carboxylic acids is 2.